The average molecular weight is 694 g/mol. The second-order valence-corrected chi connectivity index (χ2v) is 12.7. The zero-order chi connectivity index (χ0) is 37.5. The molecule has 10 heteroatoms. The molecule has 8 rings (SSSR count). The van der Waals surface area contributed by atoms with E-state index in [4.69, 9.17) is 20.1 Å². The summed E-state index contributed by atoms with van der Waals surface area (Å²) in [5, 5.41) is 82.3. The number of phenols is 7. The number of benzene rings is 7. The van der Waals surface area contributed by atoms with E-state index in [-0.39, 0.29) is 11.1 Å². The molecule has 0 bridgehead atoms. The van der Waals surface area contributed by atoms with Gasteiger partial charge in [0.1, 0.15) is 38.5 Å². The van der Waals surface area contributed by atoms with Gasteiger partial charge >= 0.3 is 0 Å². The van der Waals surface area contributed by atoms with Crippen LogP contribution in [-0.2, 0) is 0 Å². The van der Waals surface area contributed by atoms with Crippen LogP contribution >= 0.6 is 0 Å². The third kappa shape index (κ3) is 4.65. The van der Waals surface area contributed by atoms with Crippen molar-refractivity contribution in [1.82, 2.24) is 0 Å². The Bertz CT molecular complexity index is 2840. The second kappa shape index (κ2) is 12.1. The predicted molar refractivity (Wildman–Crippen MR) is 211 cm³/mol. The van der Waals surface area contributed by atoms with Crippen LogP contribution in [0.4, 0.5) is 0 Å². The first-order valence-electron chi connectivity index (χ1n) is 16.5. The maximum absolute atomic E-state index is 11.7. The minimum Gasteiger partial charge on any atom is -0.508 e. The zero-order valence-corrected chi connectivity index (χ0v) is 28.1. The Balaban J connectivity index is 1.53. The number of allylic oxidation sites excluding steroid dienone is 1. The van der Waals surface area contributed by atoms with Crippen LogP contribution in [0, 0.1) is 0 Å². The molecule has 0 fully saturated rings. The summed E-state index contributed by atoms with van der Waals surface area (Å²) in [7, 11) is 12.1. The lowest BCUT2D eigenvalue weighted by Gasteiger charge is -2.24. The molecule has 53 heavy (non-hydrogen) atoms. The number of hydrogen-bond acceptors (Lipinski definition) is 8. The summed E-state index contributed by atoms with van der Waals surface area (Å²) in [5.74, 6) is -6.11. The topological polar surface area (TPSA) is 155 Å². The van der Waals surface area contributed by atoms with Crippen molar-refractivity contribution < 1.29 is 40.2 Å². The number of furan rings is 1. The molecule has 0 atom stereocenters. The first-order chi connectivity index (χ1) is 25.5. The molecule has 8 nitrogen and oxygen atoms in total. The Labute approximate surface area is 304 Å². The fourth-order valence-electron chi connectivity index (χ4n) is 7.46. The van der Waals surface area contributed by atoms with Crippen molar-refractivity contribution in [2.75, 3.05) is 0 Å². The third-order valence-corrected chi connectivity index (χ3v) is 9.85. The Morgan fingerprint density at radius 1 is 0.509 bits per heavy atom. The lowest BCUT2D eigenvalue weighted by molar-refractivity contribution is 0.347. The van der Waals surface area contributed by atoms with Gasteiger partial charge in [-0.25, -0.2) is 0 Å². The van der Waals surface area contributed by atoms with E-state index in [1.165, 1.54) is 0 Å². The van der Waals surface area contributed by atoms with Crippen molar-refractivity contribution in [1.29, 1.82) is 0 Å². The van der Waals surface area contributed by atoms with Gasteiger partial charge in [0.05, 0.1) is 0 Å². The normalized spacial score (nSPS) is 11.8. The molecule has 7 N–H and O–H groups in total. The van der Waals surface area contributed by atoms with E-state index >= 15 is 0 Å². The summed E-state index contributed by atoms with van der Waals surface area (Å²) in [4.78, 5) is 0. The first kappa shape index (κ1) is 33.2. The second-order valence-electron chi connectivity index (χ2n) is 12.7. The Morgan fingerprint density at radius 3 is 1.60 bits per heavy atom. The maximum Gasteiger partial charge on any atom is 0.204 e. The van der Waals surface area contributed by atoms with Crippen LogP contribution in [0.1, 0.15) is 23.8 Å². The van der Waals surface area contributed by atoms with Crippen LogP contribution in [0.5, 0.6) is 40.2 Å². The molecule has 0 aliphatic rings. The number of fused-ring (bicyclic) bond motifs is 5. The summed E-state index contributed by atoms with van der Waals surface area (Å²) in [6.07, 6.45) is 3.77. The lowest BCUT2D eigenvalue weighted by atomic mass is 9.76. The molecule has 1 aromatic heterocycles. The van der Waals surface area contributed by atoms with Crippen molar-refractivity contribution >= 4 is 81.6 Å². The predicted octanol–water partition coefficient (Wildman–Crippen LogP) is 7.85. The summed E-state index contributed by atoms with van der Waals surface area (Å²) >= 11 is 0. The molecule has 7 aromatic carbocycles. The van der Waals surface area contributed by atoms with Crippen molar-refractivity contribution in [2.24, 2.45) is 0 Å². The fraction of sp³-hybridized carbons (Fsp3) is 0.0233. The van der Waals surface area contributed by atoms with Crippen LogP contribution in [0.3, 0.4) is 0 Å². The highest BCUT2D eigenvalue weighted by molar-refractivity contribution is 6.44. The van der Waals surface area contributed by atoms with Gasteiger partial charge in [-0.1, -0.05) is 91.5 Å². The van der Waals surface area contributed by atoms with Gasteiger partial charge in [-0.2, -0.15) is 0 Å². The highest BCUT2D eigenvalue weighted by Crippen LogP contribution is 2.59. The van der Waals surface area contributed by atoms with E-state index in [1.54, 1.807) is 24.3 Å². The maximum atomic E-state index is 11.7. The van der Waals surface area contributed by atoms with Gasteiger partial charge in [0.2, 0.25) is 11.5 Å². The quantitative estimate of drug-likeness (QED) is 0.0416. The number of phenolic OH excluding ortho intramolecular Hbond substituents is 7. The highest BCUT2D eigenvalue weighted by atomic mass is 16.3. The van der Waals surface area contributed by atoms with Crippen LogP contribution < -0.4 is 10.9 Å². The molecule has 4 radical (unpaired) electrons. The molecule has 0 saturated carbocycles. The summed E-state index contributed by atoms with van der Waals surface area (Å²) < 4.78 is 6.54. The third-order valence-electron chi connectivity index (χ3n) is 9.85. The summed E-state index contributed by atoms with van der Waals surface area (Å²) in [5.41, 5.74) is 0.543. The van der Waals surface area contributed by atoms with E-state index in [0.29, 0.717) is 38.5 Å². The molecule has 1 heterocycles. The molecule has 0 aliphatic heterocycles. The molecule has 8 aromatic rings. The van der Waals surface area contributed by atoms with Gasteiger partial charge in [0, 0.05) is 38.6 Å². The molecular formula is C43H28B2O8. The van der Waals surface area contributed by atoms with Gasteiger partial charge in [0.25, 0.3) is 0 Å². The lowest BCUT2D eigenvalue weighted by Crippen LogP contribution is -2.17. The van der Waals surface area contributed by atoms with Crippen LogP contribution in [0.15, 0.2) is 102 Å². The van der Waals surface area contributed by atoms with Crippen molar-refractivity contribution in [2.45, 2.75) is 6.92 Å². The summed E-state index contributed by atoms with van der Waals surface area (Å²) in [6.45, 7) is 6.54. The summed E-state index contributed by atoms with van der Waals surface area (Å²) in [6, 6.07) is 26.5. The molecule has 0 amide bonds. The fourth-order valence-corrected chi connectivity index (χ4v) is 7.46. The molecular weight excluding hydrogens is 666 g/mol. The van der Waals surface area contributed by atoms with E-state index in [0.717, 1.165) is 27.3 Å². The molecule has 0 spiro atoms. The van der Waals surface area contributed by atoms with E-state index in [1.807, 2.05) is 79.7 Å². The van der Waals surface area contributed by atoms with Gasteiger partial charge < -0.3 is 40.2 Å². The molecule has 0 unspecified atom stereocenters. The van der Waals surface area contributed by atoms with Gasteiger partial charge in [-0.3, -0.25) is 0 Å². The minimum atomic E-state index is -1.12. The minimum absolute atomic E-state index is 0.257. The Kier molecular flexibility index (Phi) is 7.58. The van der Waals surface area contributed by atoms with Crippen LogP contribution in [-0.4, -0.2) is 51.4 Å². The average Bonchev–Trinajstić information content (AvgIpc) is 3.55. The van der Waals surface area contributed by atoms with Gasteiger partial charge in [-0.05, 0) is 68.1 Å². The monoisotopic (exact) mass is 694 g/mol. The van der Waals surface area contributed by atoms with E-state index in [2.05, 4.69) is 6.58 Å². The molecule has 254 valence electrons. The number of aromatic hydroxyl groups is 7. The Hall–Kier alpha value is -6.93. The number of rotatable bonds is 5. The molecule has 0 aliphatic carbocycles. The first-order valence-corrected chi connectivity index (χ1v) is 16.5. The highest BCUT2D eigenvalue weighted by Gasteiger charge is 2.33. The molecule has 0 saturated heterocycles. The smallest absolute Gasteiger partial charge is 0.204 e. The van der Waals surface area contributed by atoms with E-state index < -0.39 is 62.3 Å². The van der Waals surface area contributed by atoms with Crippen molar-refractivity contribution in [3.8, 4) is 62.5 Å². The standard InChI is InChI=1S/C43H28B2O8/c1-3-10-27-29(26-18-17-20-11-4-5-12-21(20)43(26)53-27)19(2)28-22-13-6-8-15-24(22)30(25-16-9-7-14-23(25)28)31-32(38(48)42(52)41(51)37(31)47)33-34(44)39(49)40(50)35(45)36(33)46/h3-18,46-52H,2H2,1H3/b10-3-. The van der Waals surface area contributed by atoms with Crippen molar-refractivity contribution in [3.63, 3.8) is 0 Å². The van der Waals surface area contributed by atoms with Gasteiger partial charge in [0.15, 0.2) is 17.2 Å². The SMILES string of the molecule is [B]c1c(O)c(O)c([B])c(-c2c(O)c(O)c(O)c(O)c2-c2c3ccccc3c(C(=C)c3c(/C=C\C)oc4c3ccc3ccccc34)c3ccccc23)c1O. The van der Waals surface area contributed by atoms with E-state index in [9.17, 15) is 35.7 Å². The Morgan fingerprint density at radius 2 is 1.02 bits per heavy atom. The zero-order valence-electron chi connectivity index (χ0n) is 28.1. The van der Waals surface area contributed by atoms with Gasteiger partial charge in [-0.15, -0.1) is 0 Å². The van der Waals surface area contributed by atoms with Crippen LogP contribution in [0.2, 0.25) is 0 Å². The largest absolute Gasteiger partial charge is 0.508 e. The number of hydrogen-bond donors (Lipinski definition) is 7. The van der Waals surface area contributed by atoms with Crippen LogP contribution in [0.25, 0.3) is 77.2 Å². The van der Waals surface area contributed by atoms with Crippen molar-refractivity contribution in [3.05, 3.63) is 114 Å².